The molecular formula is C9H13NO2. The van der Waals surface area contributed by atoms with Crippen LogP contribution in [-0.2, 0) is 6.42 Å². The SMILES string of the molecule is C=CC(O)Cc1c(C)noc1C. The van der Waals surface area contributed by atoms with Gasteiger partial charge < -0.3 is 9.63 Å². The van der Waals surface area contributed by atoms with Crippen LogP contribution in [0.3, 0.4) is 0 Å². The second-order valence-electron chi connectivity index (χ2n) is 2.81. The third-order valence-electron chi connectivity index (χ3n) is 1.87. The van der Waals surface area contributed by atoms with E-state index in [2.05, 4.69) is 11.7 Å². The molecule has 0 amide bonds. The van der Waals surface area contributed by atoms with Gasteiger partial charge in [-0.2, -0.15) is 0 Å². The van der Waals surface area contributed by atoms with Crippen LogP contribution in [-0.4, -0.2) is 16.4 Å². The van der Waals surface area contributed by atoms with Crippen LogP contribution in [0.4, 0.5) is 0 Å². The summed E-state index contributed by atoms with van der Waals surface area (Å²) in [5, 5.41) is 13.1. The highest BCUT2D eigenvalue weighted by Crippen LogP contribution is 2.14. The summed E-state index contributed by atoms with van der Waals surface area (Å²) in [5.74, 6) is 0.772. The summed E-state index contributed by atoms with van der Waals surface area (Å²) in [6.45, 7) is 7.20. The fraction of sp³-hybridized carbons (Fsp3) is 0.444. The Labute approximate surface area is 71.7 Å². The van der Waals surface area contributed by atoms with E-state index in [1.54, 1.807) is 0 Å². The van der Waals surface area contributed by atoms with Gasteiger partial charge in [0, 0.05) is 12.0 Å². The Morgan fingerprint density at radius 2 is 2.33 bits per heavy atom. The molecule has 0 aromatic carbocycles. The first-order chi connectivity index (χ1) is 5.65. The van der Waals surface area contributed by atoms with Crippen molar-refractivity contribution in [2.45, 2.75) is 26.4 Å². The highest BCUT2D eigenvalue weighted by molar-refractivity contribution is 5.22. The predicted octanol–water partition coefficient (Wildman–Crippen LogP) is 1.38. The third-order valence-corrected chi connectivity index (χ3v) is 1.87. The summed E-state index contributed by atoms with van der Waals surface area (Å²) in [5.41, 5.74) is 1.82. The molecule has 3 nitrogen and oxygen atoms in total. The maximum Gasteiger partial charge on any atom is 0.137 e. The highest BCUT2D eigenvalue weighted by Gasteiger charge is 2.11. The van der Waals surface area contributed by atoms with Gasteiger partial charge in [0.15, 0.2) is 0 Å². The van der Waals surface area contributed by atoms with Crippen molar-refractivity contribution in [1.29, 1.82) is 0 Å². The van der Waals surface area contributed by atoms with E-state index < -0.39 is 6.10 Å². The van der Waals surface area contributed by atoms with E-state index in [9.17, 15) is 5.11 Å². The fourth-order valence-corrected chi connectivity index (χ4v) is 1.09. The smallest absolute Gasteiger partial charge is 0.137 e. The van der Waals surface area contributed by atoms with E-state index in [-0.39, 0.29) is 0 Å². The molecule has 0 aliphatic carbocycles. The molecule has 12 heavy (non-hydrogen) atoms. The minimum atomic E-state index is -0.512. The van der Waals surface area contributed by atoms with Crippen LogP contribution < -0.4 is 0 Å². The van der Waals surface area contributed by atoms with E-state index in [4.69, 9.17) is 4.52 Å². The lowest BCUT2D eigenvalue weighted by Crippen LogP contribution is -2.07. The summed E-state index contributed by atoms with van der Waals surface area (Å²) >= 11 is 0. The number of aliphatic hydroxyl groups is 1. The topological polar surface area (TPSA) is 46.3 Å². The van der Waals surface area contributed by atoms with Crippen LogP contribution in [0.15, 0.2) is 17.2 Å². The van der Waals surface area contributed by atoms with Crippen LogP contribution in [0, 0.1) is 13.8 Å². The predicted molar refractivity (Wildman–Crippen MR) is 45.9 cm³/mol. The Balaban J connectivity index is 2.80. The molecule has 66 valence electrons. The van der Waals surface area contributed by atoms with Crippen LogP contribution in [0.25, 0.3) is 0 Å². The molecule has 0 aliphatic heterocycles. The lowest BCUT2D eigenvalue weighted by Gasteiger charge is -2.02. The first-order valence-corrected chi connectivity index (χ1v) is 3.87. The molecule has 0 spiro atoms. The van der Waals surface area contributed by atoms with Gasteiger partial charge in [-0.15, -0.1) is 6.58 Å². The summed E-state index contributed by atoms with van der Waals surface area (Å²) < 4.78 is 4.95. The number of hydrogen-bond acceptors (Lipinski definition) is 3. The van der Waals surface area contributed by atoms with Crippen molar-refractivity contribution in [3.8, 4) is 0 Å². The Morgan fingerprint density at radius 3 is 2.75 bits per heavy atom. The molecule has 0 saturated heterocycles. The zero-order valence-corrected chi connectivity index (χ0v) is 7.37. The molecule has 1 N–H and O–H groups in total. The minimum Gasteiger partial charge on any atom is -0.389 e. The summed E-state index contributed by atoms with van der Waals surface area (Å²) in [4.78, 5) is 0. The Morgan fingerprint density at radius 1 is 1.67 bits per heavy atom. The third kappa shape index (κ3) is 1.74. The average molecular weight is 167 g/mol. The summed E-state index contributed by atoms with van der Waals surface area (Å²) in [6.07, 6.45) is 1.53. The lowest BCUT2D eigenvalue weighted by molar-refractivity contribution is 0.223. The molecule has 0 radical (unpaired) electrons. The van der Waals surface area contributed by atoms with Gasteiger partial charge in [0.25, 0.3) is 0 Å². The standard InChI is InChI=1S/C9H13NO2/c1-4-8(11)5-9-6(2)10-12-7(9)3/h4,8,11H,1,5H2,2-3H3. The van der Waals surface area contributed by atoms with Gasteiger partial charge >= 0.3 is 0 Å². The number of aryl methyl sites for hydroxylation is 2. The van der Waals surface area contributed by atoms with E-state index in [0.717, 1.165) is 17.0 Å². The van der Waals surface area contributed by atoms with Crippen molar-refractivity contribution >= 4 is 0 Å². The van der Waals surface area contributed by atoms with Crippen molar-refractivity contribution in [3.63, 3.8) is 0 Å². The van der Waals surface area contributed by atoms with Crippen molar-refractivity contribution in [2.24, 2.45) is 0 Å². The van der Waals surface area contributed by atoms with Gasteiger partial charge in [0.1, 0.15) is 5.76 Å². The van der Waals surface area contributed by atoms with Crippen LogP contribution in [0.5, 0.6) is 0 Å². The molecular weight excluding hydrogens is 154 g/mol. The Kier molecular flexibility index (Phi) is 2.65. The van der Waals surface area contributed by atoms with Crippen LogP contribution in [0.2, 0.25) is 0 Å². The van der Waals surface area contributed by atoms with E-state index >= 15 is 0 Å². The van der Waals surface area contributed by atoms with E-state index in [1.807, 2.05) is 13.8 Å². The zero-order valence-electron chi connectivity index (χ0n) is 7.37. The van der Waals surface area contributed by atoms with Crippen molar-refractivity contribution < 1.29 is 9.63 Å². The zero-order chi connectivity index (χ0) is 9.14. The van der Waals surface area contributed by atoms with Crippen LogP contribution in [0.1, 0.15) is 17.0 Å². The molecule has 0 fully saturated rings. The molecule has 1 unspecified atom stereocenters. The largest absolute Gasteiger partial charge is 0.389 e. The lowest BCUT2D eigenvalue weighted by atomic mass is 10.1. The average Bonchev–Trinajstić information content (AvgIpc) is 2.35. The normalized spacial score (nSPS) is 12.9. The summed E-state index contributed by atoms with van der Waals surface area (Å²) in [7, 11) is 0. The maximum absolute atomic E-state index is 9.29. The molecule has 1 atom stereocenters. The second-order valence-corrected chi connectivity index (χ2v) is 2.81. The van der Waals surface area contributed by atoms with Gasteiger partial charge in [-0.05, 0) is 13.8 Å². The molecule has 1 rings (SSSR count). The number of hydrogen-bond donors (Lipinski definition) is 1. The number of nitrogens with zero attached hydrogens (tertiary/aromatic N) is 1. The fourth-order valence-electron chi connectivity index (χ4n) is 1.09. The number of aliphatic hydroxyl groups excluding tert-OH is 1. The Bertz CT molecular complexity index is 259. The molecule has 1 aromatic heterocycles. The molecule has 0 saturated carbocycles. The van der Waals surface area contributed by atoms with E-state index in [1.165, 1.54) is 6.08 Å². The van der Waals surface area contributed by atoms with Gasteiger partial charge in [0.05, 0.1) is 11.8 Å². The van der Waals surface area contributed by atoms with Gasteiger partial charge in [-0.1, -0.05) is 11.2 Å². The summed E-state index contributed by atoms with van der Waals surface area (Å²) in [6, 6.07) is 0. The van der Waals surface area contributed by atoms with Gasteiger partial charge in [-0.25, -0.2) is 0 Å². The van der Waals surface area contributed by atoms with Gasteiger partial charge in [0.2, 0.25) is 0 Å². The molecule has 3 heteroatoms. The van der Waals surface area contributed by atoms with E-state index in [0.29, 0.717) is 6.42 Å². The first kappa shape index (κ1) is 9.00. The molecule has 0 bridgehead atoms. The number of aromatic nitrogens is 1. The van der Waals surface area contributed by atoms with Crippen LogP contribution >= 0.6 is 0 Å². The monoisotopic (exact) mass is 167 g/mol. The highest BCUT2D eigenvalue weighted by atomic mass is 16.5. The molecule has 1 heterocycles. The van der Waals surface area contributed by atoms with Gasteiger partial charge in [-0.3, -0.25) is 0 Å². The molecule has 0 aliphatic rings. The molecule has 1 aromatic rings. The second kappa shape index (κ2) is 3.54. The van der Waals surface area contributed by atoms with Crippen molar-refractivity contribution in [1.82, 2.24) is 5.16 Å². The van der Waals surface area contributed by atoms with Crippen molar-refractivity contribution in [2.75, 3.05) is 0 Å². The quantitative estimate of drug-likeness (QED) is 0.692. The first-order valence-electron chi connectivity index (χ1n) is 3.87. The minimum absolute atomic E-state index is 0.512. The van der Waals surface area contributed by atoms with Crippen molar-refractivity contribution in [3.05, 3.63) is 29.7 Å². The maximum atomic E-state index is 9.29. The number of rotatable bonds is 3. The Hall–Kier alpha value is -1.09.